The lowest BCUT2D eigenvalue weighted by molar-refractivity contribution is -0.154. The van der Waals surface area contributed by atoms with Gasteiger partial charge < -0.3 is 23.8 Å². The van der Waals surface area contributed by atoms with Gasteiger partial charge in [-0.3, -0.25) is 23.9 Å². The first-order valence-corrected chi connectivity index (χ1v) is 24.1. The molecular weight excluding hydrogens is 842 g/mol. The van der Waals surface area contributed by atoms with Gasteiger partial charge in [-0.15, -0.1) is 0 Å². The number of carbonyl (C=O) groups is 4. The number of ether oxygens (including phenoxy) is 4. The van der Waals surface area contributed by atoms with E-state index in [0.717, 1.165) is 6.42 Å². The van der Waals surface area contributed by atoms with Crippen LogP contribution >= 0.6 is 0 Å². The lowest BCUT2D eigenvalue weighted by Gasteiger charge is -2.32. The van der Waals surface area contributed by atoms with Gasteiger partial charge >= 0.3 is 5.97 Å². The Morgan fingerprint density at radius 3 is 2.44 bits per heavy atom. The van der Waals surface area contributed by atoms with Crippen molar-refractivity contribution >= 4 is 44.4 Å². The summed E-state index contributed by atoms with van der Waals surface area (Å²) in [7, 11) is -2.45. The summed E-state index contributed by atoms with van der Waals surface area (Å²) in [5.74, 6) is -3.03. The van der Waals surface area contributed by atoms with Gasteiger partial charge in [-0.1, -0.05) is 26.0 Å². The smallest absolute Gasteiger partial charge is 0.306 e. The number of esters is 1. The summed E-state index contributed by atoms with van der Waals surface area (Å²) in [6.07, 6.45) is 5.32. The van der Waals surface area contributed by atoms with Gasteiger partial charge in [0.1, 0.15) is 11.9 Å². The SMILES string of the molecule is COc1ccc2c(O[C@@H]3C[C@H]4C(=O)C[C@]5(C(=O)NS(=O)(=O)C6(C)CC6)C[C@H]5/C=C\CC[C@H](C)C[C@@H](C)[C@H](CC(=O)OC(C)C)C(=O)N4C3)nc(-c3ccc(OC(C)C)c(F)c3)cc2c1. The van der Waals surface area contributed by atoms with Gasteiger partial charge in [0.15, 0.2) is 17.3 Å². The Balaban J connectivity index is 1.26. The second kappa shape index (κ2) is 18.4. The molecule has 3 fully saturated rings. The van der Waals surface area contributed by atoms with Gasteiger partial charge in [0.2, 0.25) is 27.7 Å². The van der Waals surface area contributed by atoms with Crippen LogP contribution in [0.25, 0.3) is 22.0 Å². The highest BCUT2D eigenvalue weighted by Crippen LogP contribution is 2.58. The second-order valence-electron chi connectivity index (χ2n) is 19.4. The van der Waals surface area contributed by atoms with E-state index in [-0.39, 0.29) is 67.7 Å². The van der Waals surface area contributed by atoms with Gasteiger partial charge in [0.05, 0.1) is 60.1 Å². The van der Waals surface area contributed by atoms with E-state index < -0.39 is 73.7 Å². The predicted octanol–water partition coefficient (Wildman–Crippen LogP) is 8.12. The summed E-state index contributed by atoms with van der Waals surface area (Å²) in [4.78, 5) is 63.8. The molecule has 0 unspecified atom stereocenters. The van der Waals surface area contributed by atoms with Crippen molar-refractivity contribution < 1.29 is 50.9 Å². The predicted molar refractivity (Wildman–Crippen MR) is 240 cm³/mol. The number of carbonyl (C=O) groups excluding carboxylic acids is 4. The van der Waals surface area contributed by atoms with Crippen LogP contribution in [0.15, 0.2) is 54.6 Å². The molecule has 1 aromatic heterocycles. The largest absolute Gasteiger partial charge is 0.497 e. The summed E-state index contributed by atoms with van der Waals surface area (Å²) >= 11 is 0. The third-order valence-electron chi connectivity index (χ3n) is 13.4. The van der Waals surface area contributed by atoms with Crippen molar-refractivity contribution in [3.05, 3.63) is 60.4 Å². The molecule has 3 aromatic rings. The summed E-state index contributed by atoms with van der Waals surface area (Å²) in [5.41, 5.74) is -0.468. The molecule has 346 valence electrons. The molecular formula is C49H62FN3O10S. The molecule has 7 rings (SSSR count). The number of fused-ring (bicyclic) bond motifs is 3. The number of amides is 2. The molecule has 3 heterocycles. The lowest BCUT2D eigenvalue weighted by Crippen LogP contribution is -2.48. The van der Waals surface area contributed by atoms with Crippen LogP contribution < -0.4 is 18.9 Å². The van der Waals surface area contributed by atoms with Crippen molar-refractivity contribution in [2.75, 3.05) is 13.7 Å². The van der Waals surface area contributed by atoms with Crippen molar-refractivity contribution in [1.82, 2.24) is 14.6 Å². The number of methoxy groups -OCH3 is 1. The number of pyridine rings is 1. The number of hydrogen-bond acceptors (Lipinski definition) is 11. The third-order valence-corrected chi connectivity index (χ3v) is 15.6. The highest BCUT2D eigenvalue weighted by Gasteiger charge is 2.62. The first kappa shape index (κ1) is 46.9. The highest BCUT2D eigenvalue weighted by molar-refractivity contribution is 7.91. The number of Topliss-reactive ketones (excluding diaryl/α,β-unsaturated/α-hetero) is 1. The maximum Gasteiger partial charge on any atom is 0.306 e. The van der Waals surface area contributed by atoms with Crippen LogP contribution in [0.2, 0.25) is 0 Å². The summed E-state index contributed by atoms with van der Waals surface area (Å²) in [5, 5.41) is 1.29. The van der Waals surface area contributed by atoms with Crippen LogP contribution in [0.4, 0.5) is 4.39 Å². The molecule has 2 saturated carbocycles. The molecule has 7 atom stereocenters. The molecule has 0 bridgehead atoms. The van der Waals surface area contributed by atoms with Gasteiger partial charge in [-0.25, -0.2) is 17.8 Å². The molecule has 2 aliphatic carbocycles. The maximum absolute atomic E-state index is 15.3. The molecule has 4 aliphatic rings. The first-order chi connectivity index (χ1) is 30.2. The number of nitrogens with one attached hydrogen (secondary N) is 1. The number of nitrogens with zero attached hydrogens (tertiary/aromatic N) is 2. The average Bonchev–Trinajstić information content (AvgIpc) is 4.11. The molecule has 1 N–H and O–H groups in total. The van der Waals surface area contributed by atoms with Crippen LogP contribution in [0, 0.1) is 34.9 Å². The summed E-state index contributed by atoms with van der Waals surface area (Å²) in [6.45, 7) is 12.7. The number of aromatic nitrogens is 1. The van der Waals surface area contributed by atoms with Crippen LogP contribution in [-0.4, -0.2) is 84.6 Å². The van der Waals surface area contributed by atoms with Crippen LogP contribution in [0.1, 0.15) is 106 Å². The standard InChI is InChI=1S/C49H62FN3O10S/c1-28(2)61-43-16-13-32(21-39(43)50)40-22-33-20-35(60-8)14-15-37(33)45(51-40)63-36-23-41-42(54)26-49(47(57)52-64(58,59)48(7)17-18-48)25-34(49)12-10-9-11-30(5)19-31(6)38(46(56)53(41)27-36)24-44(55)62-29(3)4/h10,12-16,20-22,28-31,34,36,38,41H,9,11,17-19,23-27H2,1-8H3,(H,52,57)/b12-10-/t30-,31+,34+,36+,38-,41-,49+/m0/s1. The number of rotatable bonds is 12. The molecule has 13 nitrogen and oxygen atoms in total. The van der Waals surface area contributed by atoms with Crippen LogP contribution in [0.3, 0.4) is 0 Å². The molecule has 2 aromatic carbocycles. The summed E-state index contributed by atoms with van der Waals surface area (Å²) in [6, 6.07) is 10.7. The van der Waals surface area contributed by atoms with E-state index in [1.165, 1.54) is 11.0 Å². The second-order valence-corrected chi connectivity index (χ2v) is 21.6. The van der Waals surface area contributed by atoms with Crippen molar-refractivity contribution in [3.63, 3.8) is 0 Å². The van der Waals surface area contributed by atoms with E-state index in [4.69, 9.17) is 23.9 Å². The molecule has 2 aliphatic heterocycles. The number of halogens is 1. The fourth-order valence-corrected chi connectivity index (χ4v) is 10.6. The fraction of sp³-hybridized carbons (Fsp3) is 0.571. The van der Waals surface area contributed by atoms with Crippen LogP contribution in [-0.2, 0) is 33.9 Å². The number of sulfonamides is 1. The molecule has 2 amide bonds. The number of hydrogen-bond donors (Lipinski definition) is 1. The van der Waals surface area contributed by atoms with Crippen molar-refractivity contribution in [2.24, 2.45) is 29.1 Å². The number of ketones is 1. The number of benzene rings is 2. The van der Waals surface area contributed by atoms with Crippen molar-refractivity contribution in [1.29, 1.82) is 0 Å². The van der Waals surface area contributed by atoms with Crippen LogP contribution in [0.5, 0.6) is 17.4 Å². The Morgan fingerprint density at radius 2 is 1.77 bits per heavy atom. The number of allylic oxidation sites excluding steroid dienone is 2. The quantitative estimate of drug-likeness (QED) is 0.138. The highest BCUT2D eigenvalue weighted by atomic mass is 32.2. The molecule has 0 radical (unpaired) electrons. The topological polar surface area (TPSA) is 167 Å². The Kier molecular flexibility index (Phi) is 13.5. The normalized spacial score (nSPS) is 27.5. The third kappa shape index (κ3) is 10.1. The fourth-order valence-electron chi connectivity index (χ4n) is 9.31. The molecule has 1 saturated heterocycles. The van der Waals surface area contributed by atoms with Gasteiger partial charge in [0, 0.05) is 23.8 Å². The first-order valence-electron chi connectivity index (χ1n) is 22.6. The molecule has 64 heavy (non-hydrogen) atoms. The van der Waals surface area contributed by atoms with E-state index in [9.17, 15) is 22.8 Å². The average molecular weight is 904 g/mol. The van der Waals surface area contributed by atoms with Crippen molar-refractivity contribution in [2.45, 2.75) is 135 Å². The van der Waals surface area contributed by atoms with E-state index >= 15 is 9.18 Å². The zero-order valence-corrected chi connectivity index (χ0v) is 39.0. The Bertz CT molecular complexity index is 2430. The molecule has 0 spiro atoms. The Morgan fingerprint density at radius 1 is 1.02 bits per heavy atom. The lowest BCUT2D eigenvalue weighted by atomic mass is 9.82. The Labute approximate surface area is 375 Å². The van der Waals surface area contributed by atoms with E-state index in [0.29, 0.717) is 53.5 Å². The van der Waals surface area contributed by atoms with Crippen molar-refractivity contribution in [3.8, 4) is 28.6 Å². The minimum Gasteiger partial charge on any atom is -0.497 e. The van der Waals surface area contributed by atoms with Gasteiger partial charge in [0.25, 0.3) is 0 Å². The maximum atomic E-state index is 15.3. The summed E-state index contributed by atoms with van der Waals surface area (Å²) < 4.78 is 66.8. The molecule has 15 heteroatoms. The minimum absolute atomic E-state index is 0.0342. The Hall–Kier alpha value is -5.05. The monoisotopic (exact) mass is 903 g/mol. The van der Waals surface area contributed by atoms with E-state index in [1.807, 2.05) is 39.0 Å². The zero-order valence-electron chi connectivity index (χ0n) is 38.1. The van der Waals surface area contributed by atoms with E-state index in [2.05, 4.69) is 11.6 Å². The zero-order chi connectivity index (χ0) is 46.3. The minimum atomic E-state index is -4.00. The van der Waals surface area contributed by atoms with E-state index in [1.54, 1.807) is 58.2 Å². The van der Waals surface area contributed by atoms with Gasteiger partial charge in [-0.05, 0) is 139 Å². The van der Waals surface area contributed by atoms with Gasteiger partial charge in [-0.2, -0.15) is 0 Å².